The van der Waals surface area contributed by atoms with Gasteiger partial charge in [0.2, 0.25) is 0 Å². The van der Waals surface area contributed by atoms with Crippen molar-refractivity contribution in [2.75, 3.05) is 39.4 Å². The molecule has 5 N–H and O–H groups in total. The number of ether oxygens (including phenoxy) is 7. The van der Waals surface area contributed by atoms with Gasteiger partial charge in [-0.25, -0.2) is 4.79 Å². The Morgan fingerprint density at radius 2 is 0.859 bits per heavy atom. The molecule has 4 heterocycles. The Labute approximate surface area is 414 Å². The number of nitrogens with zero attached hydrogens (tertiary/aromatic N) is 2. The lowest BCUT2D eigenvalue weighted by molar-refractivity contribution is -0.161. The topological polar surface area (TPSA) is 219 Å². The minimum absolute atomic E-state index is 0.0439. The molecule has 18 heteroatoms. The van der Waals surface area contributed by atoms with Crippen molar-refractivity contribution in [2.45, 2.75) is 116 Å². The van der Waals surface area contributed by atoms with E-state index in [0.29, 0.717) is 75.0 Å². The average molecular weight is 979 g/mol. The highest BCUT2D eigenvalue weighted by Crippen LogP contribution is 2.34. The van der Waals surface area contributed by atoms with Gasteiger partial charge in [0.15, 0.2) is 24.8 Å². The molecular weight excluding hydrogens is 913 g/mol. The summed E-state index contributed by atoms with van der Waals surface area (Å²) in [5.74, 6) is -0.586. The monoisotopic (exact) mass is 978 g/mol. The van der Waals surface area contributed by atoms with Gasteiger partial charge in [-0.2, -0.15) is 0 Å². The first-order valence-corrected chi connectivity index (χ1v) is 23.8. The van der Waals surface area contributed by atoms with Crippen LogP contribution in [0.25, 0.3) is 0 Å². The Hall–Kier alpha value is -6.57. The van der Waals surface area contributed by atoms with Gasteiger partial charge in [-0.05, 0) is 119 Å². The molecule has 8 rings (SSSR count). The quantitative estimate of drug-likeness (QED) is 0.121. The predicted molar refractivity (Wildman–Crippen MR) is 261 cm³/mol. The molecule has 380 valence electrons. The molecular formula is C53H66N6O12. The molecule has 4 atom stereocenters. The van der Waals surface area contributed by atoms with E-state index >= 15 is 0 Å². The number of benzene rings is 4. The van der Waals surface area contributed by atoms with E-state index < -0.39 is 23.3 Å². The van der Waals surface area contributed by atoms with Gasteiger partial charge in [0.05, 0.1) is 0 Å². The summed E-state index contributed by atoms with van der Waals surface area (Å²) in [7, 11) is 0. The van der Waals surface area contributed by atoms with Crippen LogP contribution in [0.2, 0.25) is 0 Å². The fourth-order valence-electron chi connectivity index (χ4n) is 8.37. The van der Waals surface area contributed by atoms with Crippen LogP contribution in [0.1, 0.15) is 91.4 Å². The van der Waals surface area contributed by atoms with Crippen molar-refractivity contribution in [1.82, 2.24) is 25.8 Å². The Bertz CT molecular complexity index is 2440. The molecule has 18 nitrogen and oxygen atoms in total. The van der Waals surface area contributed by atoms with Gasteiger partial charge in [-0.15, -0.1) is 0 Å². The summed E-state index contributed by atoms with van der Waals surface area (Å²) in [5.41, 5.74) is 9.78. The number of alkyl carbamates (subject to hydrolysis) is 1. The molecule has 4 saturated heterocycles. The van der Waals surface area contributed by atoms with Crippen LogP contribution in [0.5, 0.6) is 11.5 Å². The molecule has 0 spiro atoms. The largest absolute Gasteiger partial charge is 0.484 e. The molecule has 4 aromatic carbocycles. The van der Waals surface area contributed by atoms with Gasteiger partial charge < -0.3 is 64.6 Å². The minimum atomic E-state index is -0.602. The summed E-state index contributed by atoms with van der Waals surface area (Å²) in [6, 6.07) is 28.7. The molecule has 0 aliphatic carbocycles. The lowest BCUT2D eigenvalue weighted by Crippen LogP contribution is -2.36. The normalized spacial score (nSPS) is 20.5. The second-order valence-electron chi connectivity index (χ2n) is 19.7. The molecule has 4 aromatic rings. The van der Waals surface area contributed by atoms with E-state index in [1.807, 2.05) is 64.1 Å². The zero-order chi connectivity index (χ0) is 50.9. The smallest absolute Gasteiger partial charge is 0.407 e. The van der Waals surface area contributed by atoms with E-state index in [-0.39, 0.29) is 61.3 Å². The number of nitrogens with two attached hydrogens (primary N) is 1. The van der Waals surface area contributed by atoms with Crippen LogP contribution in [0.3, 0.4) is 0 Å². The first-order chi connectivity index (χ1) is 33.7. The van der Waals surface area contributed by atoms with E-state index in [1.54, 1.807) is 91.2 Å². The second-order valence-corrected chi connectivity index (χ2v) is 19.7. The van der Waals surface area contributed by atoms with Crippen molar-refractivity contribution >= 4 is 29.7 Å². The Morgan fingerprint density at radius 1 is 0.535 bits per heavy atom. The van der Waals surface area contributed by atoms with Crippen LogP contribution >= 0.6 is 0 Å². The van der Waals surface area contributed by atoms with Crippen LogP contribution < -0.4 is 31.2 Å². The third-order valence-corrected chi connectivity index (χ3v) is 11.9. The lowest BCUT2D eigenvalue weighted by Gasteiger charge is -2.23. The van der Waals surface area contributed by atoms with Gasteiger partial charge >= 0.3 is 6.09 Å². The maximum Gasteiger partial charge on any atom is 0.407 e. The highest BCUT2D eigenvalue weighted by atomic mass is 16.8. The van der Waals surface area contributed by atoms with Crippen LogP contribution in [0, 0.1) is 0 Å². The standard InChI is InChI=1S/C29H37N3O7.C24H29N3O5/c1-28(2,3)39-27(35)31-15-19-6-10-21(11-7-19)26(34)30-14-20-8-12-22(13-9-20)36-18-25(33)32-16-23-24(17-32)38-29(4,5)37-23;1-24(2)31-20-13-27(14-21(20)32-24)22(28)15-30-19-9-5-17(6-10-19)12-26-23(29)18-7-3-16(11-25)4-8-18/h6-13,23-24H,14-18H2,1-5H3,(H,30,34)(H,31,35);3-10,20-21H,11-15,25H2,1-2H3,(H,26,29)/t23-,24+;20-,21+. The Kier molecular flexibility index (Phi) is 16.7. The van der Waals surface area contributed by atoms with Crippen LogP contribution in [-0.4, -0.2) is 121 Å². The molecule has 0 unspecified atom stereocenters. The molecule has 4 aliphatic rings. The summed E-state index contributed by atoms with van der Waals surface area (Å²) < 4.78 is 39.8. The van der Waals surface area contributed by atoms with Gasteiger partial charge in [0.25, 0.3) is 23.6 Å². The number of carbonyl (C=O) groups excluding carboxylic acids is 5. The average Bonchev–Trinajstić information content (AvgIpc) is 4.07. The van der Waals surface area contributed by atoms with Crippen molar-refractivity contribution in [3.63, 3.8) is 0 Å². The van der Waals surface area contributed by atoms with Crippen LogP contribution in [0.4, 0.5) is 4.79 Å². The van der Waals surface area contributed by atoms with Crippen LogP contribution in [-0.2, 0) is 59.5 Å². The third-order valence-electron chi connectivity index (χ3n) is 11.9. The molecule has 4 aliphatic heterocycles. The fourth-order valence-corrected chi connectivity index (χ4v) is 8.37. The first kappa shape index (κ1) is 52.3. The second kappa shape index (κ2) is 22.7. The summed E-state index contributed by atoms with van der Waals surface area (Å²) in [6.45, 7) is 16.3. The maximum absolute atomic E-state index is 12.5. The third kappa shape index (κ3) is 15.2. The SMILES string of the molecule is CC(C)(C)OC(=O)NCc1ccc(C(=O)NCc2ccc(OCC(=O)N3C[C@@H]4OC(C)(C)O[C@@H]4C3)cc2)cc1.CC1(C)O[C@H]2CN(C(=O)COc3ccc(CNC(=O)c4ccc(CN)cc4)cc3)C[C@H]2O1. The highest BCUT2D eigenvalue weighted by Gasteiger charge is 2.49. The molecule has 5 amide bonds. The summed E-state index contributed by atoms with van der Waals surface area (Å²) in [4.78, 5) is 65.0. The van der Waals surface area contributed by atoms with E-state index in [1.165, 1.54) is 0 Å². The zero-order valence-corrected chi connectivity index (χ0v) is 41.5. The predicted octanol–water partition coefficient (Wildman–Crippen LogP) is 5.20. The number of fused-ring (bicyclic) bond motifs is 2. The van der Waals surface area contributed by atoms with Gasteiger partial charge in [0.1, 0.15) is 41.5 Å². The molecule has 71 heavy (non-hydrogen) atoms. The number of hydrogen-bond donors (Lipinski definition) is 4. The van der Waals surface area contributed by atoms with E-state index in [2.05, 4.69) is 16.0 Å². The van der Waals surface area contributed by atoms with Gasteiger partial charge in [0, 0.05) is 63.5 Å². The number of rotatable bonds is 15. The Balaban J connectivity index is 0.000000213. The summed E-state index contributed by atoms with van der Waals surface area (Å²) >= 11 is 0. The summed E-state index contributed by atoms with van der Waals surface area (Å²) in [6.07, 6.45) is -0.852. The van der Waals surface area contributed by atoms with Crippen LogP contribution in [0.15, 0.2) is 97.1 Å². The van der Waals surface area contributed by atoms with Crippen molar-refractivity contribution in [3.8, 4) is 11.5 Å². The van der Waals surface area contributed by atoms with E-state index in [0.717, 1.165) is 22.3 Å². The van der Waals surface area contributed by atoms with Gasteiger partial charge in [-0.1, -0.05) is 48.5 Å². The first-order valence-electron chi connectivity index (χ1n) is 23.8. The minimum Gasteiger partial charge on any atom is -0.484 e. The van der Waals surface area contributed by atoms with E-state index in [4.69, 9.17) is 38.9 Å². The zero-order valence-electron chi connectivity index (χ0n) is 41.5. The maximum atomic E-state index is 12.5. The number of amides is 5. The number of nitrogens with one attached hydrogen (secondary N) is 3. The number of likely N-dealkylation sites (tertiary alicyclic amines) is 2. The fraction of sp³-hybridized carbons (Fsp3) is 0.453. The Morgan fingerprint density at radius 3 is 1.20 bits per heavy atom. The van der Waals surface area contributed by atoms with E-state index in [9.17, 15) is 24.0 Å². The highest BCUT2D eigenvalue weighted by molar-refractivity contribution is 5.94. The molecule has 0 radical (unpaired) electrons. The van der Waals surface area contributed by atoms with Crippen molar-refractivity contribution < 1.29 is 57.1 Å². The molecule has 0 saturated carbocycles. The number of hydrogen-bond acceptors (Lipinski definition) is 13. The van der Waals surface area contributed by atoms with Crippen molar-refractivity contribution in [1.29, 1.82) is 0 Å². The lowest BCUT2D eigenvalue weighted by atomic mass is 10.1. The number of carbonyl (C=O) groups is 5. The molecule has 0 bridgehead atoms. The molecule has 0 aromatic heterocycles. The van der Waals surface area contributed by atoms with Crippen molar-refractivity contribution in [3.05, 3.63) is 130 Å². The molecule has 4 fully saturated rings. The van der Waals surface area contributed by atoms with Gasteiger partial charge in [-0.3, -0.25) is 19.2 Å². The van der Waals surface area contributed by atoms with Crippen molar-refractivity contribution in [2.24, 2.45) is 5.73 Å². The summed E-state index contributed by atoms with van der Waals surface area (Å²) in [5, 5.41) is 8.47.